The molecule has 0 atom stereocenters. The van der Waals surface area contributed by atoms with Crippen LogP contribution in [0.15, 0.2) is 73.3 Å². The van der Waals surface area contributed by atoms with Gasteiger partial charge in [0.05, 0.1) is 0 Å². The molecule has 0 saturated heterocycles. The van der Waals surface area contributed by atoms with Crippen LogP contribution in [-0.2, 0) is 6.54 Å². The number of rotatable bonds is 8. The van der Waals surface area contributed by atoms with Crippen molar-refractivity contribution < 1.29 is 4.74 Å². The Hall–Kier alpha value is -2.32. The first-order valence-corrected chi connectivity index (χ1v) is 7.13. The van der Waals surface area contributed by atoms with Crippen LogP contribution in [0.2, 0.25) is 0 Å². The first kappa shape index (κ1) is 15.1. The van der Waals surface area contributed by atoms with E-state index in [4.69, 9.17) is 4.74 Å². The standard InChI is InChI=1S/C19H21NO/c1-2-15-21-19-12-10-18(11-13-19)16-20-14-6-9-17-7-4-3-5-8-17/h2-13,20H,1,14-16H2/b9-6+. The lowest BCUT2D eigenvalue weighted by Crippen LogP contribution is -2.12. The van der Waals surface area contributed by atoms with Crippen LogP contribution in [0, 0.1) is 0 Å². The van der Waals surface area contributed by atoms with Crippen LogP contribution in [0.25, 0.3) is 6.08 Å². The van der Waals surface area contributed by atoms with Crippen LogP contribution in [0.3, 0.4) is 0 Å². The summed E-state index contributed by atoms with van der Waals surface area (Å²) in [5.74, 6) is 0.877. The highest BCUT2D eigenvalue weighted by molar-refractivity contribution is 5.48. The van der Waals surface area contributed by atoms with Crippen molar-refractivity contribution in [2.24, 2.45) is 0 Å². The first-order chi connectivity index (χ1) is 10.4. The molecule has 0 aliphatic rings. The van der Waals surface area contributed by atoms with Gasteiger partial charge in [-0.25, -0.2) is 0 Å². The van der Waals surface area contributed by atoms with E-state index in [9.17, 15) is 0 Å². The fraction of sp³-hybridized carbons (Fsp3) is 0.158. The third-order valence-electron chi connectivity index (χ3n) is 2.99. The van der Waals surface area contributed by atoms with Crippen molar-refractivity contribution in [3.8, 4) is 5.75 Å². The van der Waals surface area contributed by atoms with Crippen molar-refractivity contribution >= 4 is 6.08 Å². The SMILES string of the molecule is C=CCOc1ccc(CNC/C=C/c2ccccc2)cc1. The smallest absolute Gasteiger partial charge is 0.119 e. The van der Waals surface area contributed by atoms with Gasteiger partial charge in [-0.1, -0.05) is 67.3 Å². The van der Waals surface area contributed by atoms with Crippen molar-refractivity contribution in [3.63, 3.8) is 0 Å². The Morgan fingerprint density at radius 1 is 1.00 bits per heavy atom. The van der Waals surface area contributed by atoms with Gasteiger partial charge in [-0.3, -0.25) is 0 Å². The van der Waals surface area contributed by atoms with Crippen molar-refractivity contribution in [1.82, 2.24) is 5.32 Å². The van der Waals surface area contributed by atoms with Gasteiger partial charge in [-0.05, 0) is 23.3 Å². The predicted octanol–water partition coefficient (Wildman–Crippen LogP) is 4.05. The zero-order chi connectivity index (χ0) is 14.8. The van der Waals surface area contributed by atoms with E-state index in [2.05, 4.69) is 48.3 Å². The van der Waals surface area contributed by atoms with E-state index in [-0.39, 0.29) is 0 Å². The molecule has 2 nitrogen and oxygen atoms in total. The molecule has 2 heteroatoms. The van der Waals surface area contributed by atoms with Gasteiger partial charge in [0.25, 0.3) is 0 Å². The zero-order valence-corrected chi connectivity index (χ0v) is 12.2. The lowest BCUT2D eigenvalue weighted by Gasteiger charge is -2.05. The molecule has 0 unspecified atom stereocenters. The van der Waals surface area contributed by atoms with E-state index in [1.807, 2.05) is 30.3 Å². The van der Waals surface area contributed by atoms with E-state index < -0.39 is 0 Å². The molecule has 0 amide bonds. The molecule has 0 saturated carbocycles. The monoisotopic (exact) mass is 279 g/mol. The summed E-state index contributed by atoms with van der Waals surface area (Å²) >= 11 is 0. The van der Waals surface area contributed by atoms with Gasteiger partial charge in [-0.2, -0.15) is 0 Å². The van der Waals surface area contributed by atoms with Crippen molar-refractivity contribution in [2.45, 2.75) is 6.54 Å². The second kappa shape index (κ2) is 8.77. The molecule has 0 aromatic heterocycles. The Labute approximate surface area is 126 Å². The Bertz CT molecular complexity index is 558. The summed E-state index contributed by atoms with van der Waals surface area (Å²) in [4.78, 5) is 0. The Balaban J connectivity index is 1.71. The van der Waals surface area contributed by atoms with Gasteiger partial charge in [0.1, 0.15) is 12.4 Å². The molecular weight excluding hydrogens is 258 g/mol. The second-order valence-corrected chi connectivity index (χ2v) is 4.69. The number of nitrogens with one attached hydrogen (secondary N) is 1. The van der Waals surface area contributed by atoms with Gasteiger partial charge in [0.15, 0.2) is 0 Å². The average Bonchev–Trinajstić information content (AvgIpc) is 2.55. The molecule has 0 aliphatic carbocycles. The van der Waals surface area contributed by atoms with Gasteiger partial charge in [-0.15, -0.1) is 0 Å². The summed E-state index contributed by atoms with van der Waals surface area (Å²) in [5.41, 5.74) is 2.47. The van der Waals surface area contributed by atoms with Gasteiger partial charge >= 0.3 is 0 Å². The lowest BCUT2D eigenvalue weighted by molar-refractivity contribution is 0.363. The van der Waals surface area contributed by atoms with Crippen LogP contribution in [0.1, 0.15) is 11.1 Å². The molecule has 21 heavy (non-hydrogen) atoms. The lowest BCUT2D eigenvalue weighted by atomic mass is 10.2. The molecule has 0 fully saturated rings. The maximum Gasteiger partial charge on any atom is 0.119 e. The van der Waals surface area contributed by atoms with E-state index >= 15 is 0 Å². The first-order valence-electron chi connectivity index (χ1n) is 7.13. The molecule has 2 rings (SSSR count). The van der Waals surface area contributed by atoms with Crippen molar-refractivity contribution in [1.29, 1.82) is 0 Å². The van der Waals surface area contributed by atoms with Gasteiger partial charge in [0, 0.05) is 13.1 Å². The summed E-state index contributed by atoms with van der Waals surface area (Å²) in [6, 6.07) is 18.4. The minimum absolute atomic E-state index is 0.544. The number of benzene rings is 2. The summed E-state index contributed by atoms with van der Waals surface area (Å²) < 4.78 is 5.45. The predicted molar refractivity (Wildman–Crippen MR) is 89.3 cm³/mol. The normalized spacial score (nSPS) is 10.7. The number of ether oxygens (including phenoxy) is 1. The largest absolute Gasteiger partial charge is 0.490 e. The highest BCUT2D eigenvalue weighted by Crippen LogP contribution is 2.11. The van der Waals surface area contributed by atoms with E-state index in [0.29, 0.717) is 6.61 Å². The highest BCUT2D eigenvalue weighted by Gasteiger charge is 1.94. The molecule has 0 radical (unpaired) electrons. The summed E-state index contributed by atoms with van der Waals surface area (Å²) in [5, 5.41) is 3.39. The van der Waals surface area contributed by atoms with Crippen molar-refractivity contribution in [2.75, 3.05) is 13.2 Å². The van der Waals surface area contributed by atoms with Crippen LogP contribution >= 0.6 is 0 Å². The fourth-order valence-corrected chi connectivity index (χ4v) is 1.92. The molecule has 1 N–H and O–H groups in total. The third kappa shape index (κ3) is 5.67. The van der Waals surface area contributed by atoms with E-state index in [1.54, 1.807) is 6.08 Å². The van der Waals surface area contributed by atoms with Gasteiger partial charge < -0.3 is 10.1 Å². The molecule has 108 valence electrons. The van der Waals surface area contributed by atoms with Crippen LogP contribution < -0.4 is 10.1 Å². The number of hydrogen-bond acceptors (Lipinski definition) is 2. The fourth-order valence-electron chi connectivity index (χ4n) is 1.92. The topological polar surface area (TPSA) is 21.3 Å². The third-order valence-corrected chi connectivity index (χ3v) is 2.99. The van der Waals surface area contributed by atoms with Gasteiger partial charge in [0.2, 0.25) is 0 Å². The van der Waals surface area contributed by atoms with Crippen LogP contribution in [0.4, 0.5) is 0 Å². The van der Waals surface area contributed by atoms with Crippen molar-refractivity contribution in [3.05, 3.63) is 84.5 Å². The molecular formula is C19H21NO. The molecule has 0 spiro atoms. The molecule has 2 aromatic carbocycles. The summed E-state index contributed by atoms with van der Waals surface area (Å²) in [7, 11) is 0. The molecule has 0 bridgehead atoms. The number of hydrogen-bond donors (Lipinski definition) is 1. The summed E-state index contributed by atoms with van der Waals surface area (Å²) in [6.07, 6.45) is 6.00. The van der Waals surface area contributed by atoms with E-state index in [0.717, 1.165) is 18.8 Å². The minimum atomic E-state index is 0.544. The summed E-state index contributed by atoms with van der Waals surface area (Å²) in [6.45, 7) is 5.87. The van der Waals surface area contributed by atoms with E-state index in [1.165, 1.54) is 11.1 Å². The highest BCUT2D eigenvalue weighted by atomic mass is 16.5. The average molecular weight is 279 g/mol. The molecule has 0 aliphatic heterocycles. The Morgan fingerprint density at radius 3 is 2.48 bits per heavy atom. The molecule has 0 heterocycles. The van der Waals surface area contributed by atoms with Crippen LogP contribution in [-0.4, -0.2) is 13.2 Å². The Kier molecular flexibility index (Phi) is 6.30. The maximum atomic E-state index is 5.45. The minimum Gasteiger partial charge on any atom is -0.490 e. The zero-order valence-electron chi connectivity index (χ0n) is 12.2. The quantitative estimate of drug-likeness (QED) is 0.581. The second-order valence-electron chi connectivity index (χ2n) is 4.69. The Morgan fingerprint density at radius 2 is 1.76 bits per heavy atom. The van der Waals surface area contributed by atoms with Crippen LogP contribution in [0.5, 0.6) is 5.75 Å². The maximum absolute atomic E-state index is 5.45. The molecule has 2 aromatic rings.